The van der Waals surface area contributed by atoms with Crippen molar-refractivity contribution in [2.45, 2.75) is 27.4 Å². The van der Waals surface area contributed by atoms with Crippen molar-refractivity contribution in [3.05, 3.63) is 64.3 Å². The van der Waals surface area contributed by atoms with Crippen molar-refractivity contribution >= 4 is 28.9 Å². The molecule has 3 rings (SSSR count). The zero-order valence-electron chi connectivity index (χ0n) is 16.9. The fourth-order valence-electron chi connectivity index (χ4n) is 2.38. The minimum absolute atomic E-state index is 0.124. The number of esters is 1. The maximum Gasteiger partial charge on any atom is 0.343 e. The van der Waals surface area contributed by atoms with Crippen molar-refractivity contribution < 1.29 is 19.0 Å². The third-order valence-electron chi connectivity index (χ3n) is 3.77. The third-order valence-corrected chi connectivity index (χ3v) is 5.11. The standard InChI is InChI=1S/C20H18ClNO4S.C2H6/c1-13-9-14(7-8-17(13)26-12-20(23)24-2)25-11-19-22-10-18(27-19)15-5-3-4-6-16(15)21;1-2/h3-10H,11-12H2,1-2H3;1-2H3. The molecule has 5 nitrogen and oxygen atoms in total. The lowest BCUT2D eigenvalue weighted by molar-refractivity contribution is -0.142. The zero-order valence-corrected chi connectivity index (χ0v) is 18.5. The van der Waals surface area contributed by atoms with Crippen LogP contribution in [0.3, 0.4) is 0 Å². The highest BCUT2D eigenvalue weighted by Gasteiger charge is 2.09. The first kappa shape index (κ1) is 22.7. The Labute approximate surface area is 180 Å². The number of aryl methyl sites for hydroxylation is 1. The van der Waals surface area contributed by atoms with E-state index in [0.29, 0.717) is 23.1 Å². The minimum atomic E-state index is -0.423. The first-order valence-electron chi connectivity index (χ1n) is 9.19. The van der Waals surface area contributed by atoms with Crippen molar-refractivity contribution in [2.75, 3.05) is 13.7 Å². The largest absolute Gasteiger partial charge is 0.486 e. The second-order valence-electron chi connectivity index (χ2n) is 5.68. The van der Waals surface area contributed by atoms with Crippen LogP contribution in [-0.2, 0) is 16.1 Å². The number of halogens is 1. The summed E-state index contributed by atoms with van der Waals surface area (Å²) in [5.41, 5.74) is 1.83. The Bertz CT molecular complexity index is 942. The molecule has 0 fully saturated rings. The lowest BCUT2D eigenvalue weighted by Crippen LogP contribution is -2.13. The molecular formula is C22H24ClNO4S. The lowest BCUT2D eigenvalue weighted by Gasteiger charge is -2.10. The molecule has 0 bridgehead atoms. The Balaban J connectivity index is 0.00000145. The molecule has 0 N–H and O–H groups in total. The number of hydrogen-bond donors (Lipinski definition) is 0. The fourth-order valence-corrected chi connectivity index (χ4v) is 3.54. The number of nitrogens with zero attached hydrogens (tertiary/aromatic N) is 1. The van der Waals surface area contributed by atoms with E-state index in [1.165, 1.54) is 7.11 Å². The quantitative estimate of drug-likeness (QED) is 0.432. The predicted octanol–water partition coefficient (Wildman–Crippen LogP) is 5.93. The summed E-state index contributed by atoms with van der Waals surface area (Å²) in [5.74, 6) is 0.892. The molecule has 0 aliphatic heterocycles. The van der Waals surface area contributed by atoms with Crippen LogP contribution in [-0.4, -0.2) is 24.7 Å². The van der Waals surface area contributed by atoms with Gasteiger partial charge in [-0.15, -0.1) is 11.3 Å². The van der Waals surface area contributed by atoms with Crippen LogP contribution >= 0.6 is 22.9 Å². The van der Waals surface area contributed by atoms with Crippen molar-refractivity contribution in [1.82, 2.24) is 4.98 Å². The second-order valence-corrected chi connectivity index (χ2v) is 7.20. The molecule has 2 aromatic carbocycles. The van der Waals surface area contributed by atoms with Gasteiger partial charge in [-0.3, -0.25) is 0 Å². The Hall–Kier alpha value is -2.57. The average molecular weight is 434 g/mol. The maximum absolute atomic E-state index is 11.2. The molecule has 154 valence electrons. The highest BCUT2D eigenvalue weighted by atomic mass is 35.5. The van der Waals surface area contributed by atoms with Gasteiger partial charge in [-0.2, -0.15) is 0 Å². The van der Waals surface area contributed by atoms with Crippen LogP contribution < -0.4 is 9.47 Å². The molecule has 29 heavy (non-hydrogen) atoms. The van der Waals surface area contributed by atoms with Gasteiger partial charge >= 0.3 is 5.97 Å². The SMILES string of the molecule is CC.COC(=O)COc1ccc(OCc2ncc(-c3ccccc3Cl)s2)cc1C. The molecule has 1 aromatic heterocycles. The molecule has 0 amide bonds. The normalized spacial score (nSPS) is 9.97. The molecule has 0 saturated heterocycles. The van der Waals surface area contributed by atoms with Crippen molar-refractivity contribution in [1.29, 1.82) is 0 Å². The molecule has 1 heterocycles. The van der Waals surface area contributed by atoms with Crippen LogP contribution in [0.5, 0.6) is 11.5 Å². The van der Waals surface area contributed by atoms with Gasteiger partial charge < -0.3 is 14.2 Å². The van der Waals surface area contributed by atoms with Crippen molar-refractivity contribution in [3.8, 4) is 21.9 Å². The van der Waals surface area contributed by atoms with Gasteiger partial charge in [-0.25, -0.2) is 9.78 Å². The zero-order chi connectivity index (χ0) is 21.2. The topological polar surface area (TPSA) is 57.7 Å². The van der Waals surface area contributed by atoms with Crippen LogP contribution in [0.2, 0.25) is 5.02 Å². The van der Waals surface area contributed by atoms with E-state index >= 15 is 0 Å². The number of methoxy groups -OCH3 is 1. The number of carbonyl (C=O) groups is 1. The van der Waals surface area contributed by atoms with Gasteiger partial charge in [0.05, 0.1) is 12.0 Å². The van der Waals surface area contributed by atoms with E-state index in [2.05, 4.69) is 9.72 Å². The lowest BCUT2D eigenvalue weighted by atomic mass is 10.2. The van der Waals surface area contributed by atoms with E-state index in [1.807, 2.05) is 51.1 Å². The summed E-state index contributed by atoms with van der Waals surface area (Å²) in [5, 5.41) is 1.56. The predicted molar refractivity (Wildman–Crippen MR) is 117 cm³/mol. The smallest absolute Gasteiger partial charge is 0.343 e. The Morgan fingerprint density at radius 1 is 1.14 bits per heavy atom. The van der Waals surface area contributed by atoms with Gasteiger partial charge in [0.25, 0.3) is 0 Å². The van der Waals surface area contributed by atoms with E-state index in [0.717, 1.165) is 21.0 Å². The minimum Gasteiger partial charge on any atom is -0.486 e. The summed E-state index contributed by atoms with van der Waals surface area (Å²) < 4.78 is 15.8. The summed E-state index contributed by atoms with van der Waals surface area (Å²) >= 11 is 7.78. The van der Waals surface area contributed by atoms with Crippen LogP contribution in [0.25, 0.3) is 10.4 Å². The van der Waals surface area contributed by atoms with Crippen molar-refractivity contribution in [2.24, 2.45) is 0 Å². The number of benzene rings is 2. The third kappa shape index (κ3) is 6.48. The van der Waals surface area contributed by atoms with Crippen LogP contribution in [0, 0.1) is 6.92 Å². The summed E-state index contributed by atoms with van der Waals surface area (Å²) in [6, 6.07) is 13.1. The number of rotatable bonds is 7. The summed E-state index contributed by atoms with van der Waals surface area (Å²) in [4.78, 5) is 16.6. The summed E-state index contributed by atoms with van der Waals surface area (Å²) in [6.45, 7) is 6.12. The van der Waals surface area contributed by atoms with Crippen LogP contribution in [0.15, 0.2) is 48.7 Å². The van der Waals surface area contributed by atoms with Gasteiger partial charge in [0.15, 0.2) is 6.61 Å². The van der Waals surface area contributed by atoms with Gasteiger partial charge in [0, 0.05) is 16.8 Å². The van der Waals surface area contributed by atoms with E-state index in [4.69, 9.17) is 21.1 Å². The summed E-state index contributed by atoms with van der Waals surface area (Å²) in [7, 11) is 1.32. The Morgan fingerprint density at radius 2 is 1.90 bits per heavy atom. The first-order chi connectivity index (χ1) is 14.1. The maximum atomic E-state index is 11.2. The number of aromatic nitrogens is 1. The number of hydrogen-bond acceptors (Lipinski definition) is 6. The van der Waals surface area contributed by atoms with Gasteiger partial charge in [-0.05, 0) is 36.8 Å². The number of thiazole rings is 1. The molecular weight excluding hydrogens is 410 g/mol. The van der Waals surface area contributed by atoms with Gasteiger partial charge in [0.1, 0.15) is 23.1 Å². The second kappa shape index (κ2) is 11.4. The van der Waals surface area contributed by atoms with E-state index < -0.39 is 5.97 Å². The molecule has 0 aliphatic rings. The van der Waals surface area contributed by atoms with Crippen LogP contribution in [0.1, 0.15) is 24.4 Å². The average Bonchev–Trinajstić information content (AvgIpc) is 3.22. The molecule has 0 aliphatic carbocycles. The Morgan fingerprint density at radius 3 is 2.59 bits per heavy atom. The molecule has 0 unspecified atom stereocenters. The molecule has 3 aromatic rings. The monoisotopic (exact) mass is 433 g/mol. The Kier molecular flexibility index (Phi) is 8.96. The molecule has 7 heteroatoms. The summed E-state index contributed by atoms with van der Waals surface area (Å²) in [6.07, 6.45) is 1.81. The number of ether oxygens (including phenoxy) is 3. The van der Waals surface area contributed by atoms with Gasteiger partial charge in [-0.1, -0.05) is 43.6 Å². The highest BCUT2D eigenvalue weighted by Crippen LogP contribution is 2.32. The number of carbonyl (C=O) groups excluding carboxylic acids is 1. The van der Waals surface area contributed by atoms with E-state index in [1.54, 1.807) is 29.7 Å². The first-order valence-corrected chi connectivity index (χ1v) is 10.4. The van der Waals surface area contributed by atoms with Gasteiger partial charge in [0.2, 0.25) is 0 Å². The van der Waals surface area contributed by atoms with E-state index in [9.17, 15) is 4.79 Å². The molecule has 0 saturated carbocycles. The van der Waals surface area contributed by atoms with E-state index in [-0.39, 0.29) is 6.61 Å². The van der Waals surface area contributed by atoms with Crippen molar-refractivity contribution in [3.63, 3.8) is 0 Å². The fraction of sp³-hybridized carbons (Fsp3) is 0.273. The highest BCUT2D eigenvalue weighted by molar-refractivity contribution is 7.15. The molecule has 0 spiro atoms. The molecule has 0 radical (unpaired) electrons. The van der Waals surface area contributed by atoms with Crippen LogP contribution in [0.4, 0.5) is 0 Å². The molecule has 0 atom stereocenters.